The molecule has 72 heavy (non-hydrogen) atoms. The Labute approximate surface area is 438 Å². The molecule has 0 fully saturated rings. The van der Waals surface area contributed by atoms with Crippen LogP contribution < -0.4 is 9.30 Å². The van der Waals surface area contributed by atoms with Crippen molar-refractivity contribution >= 4 is 32.8 Å². The van der Waals surface area contributed by atoms with Crippen molar-refractivity contribution in [2.75, 3.05) is 0 Å². The molecule has 0 unspecified atom stereocenters. The van der Waals surface area contributed by atoms with E-state index in [0.29, 0.717) is 17.4 Å². The van der Waals surface area contributed by atoms with Gasteiger partial charge in [-0.25, -0.2) is 4.98 Å². The minimum absolute atomic E-state index is 0. The Hall–Kier alpha value is -7.33. The normalized spacial score (nSPS) is 12.0. The Morgan fingerprint density at radius 2 is 1.21 bits per heavy atom. The smallest absolute Gasteiger partial charge is 0.268 e. The first kappa shape index (κ1) is 48.3. The molecule has 0 saturated carbocycles. The first-order valence-corrected chi connectivity index (χ1v) is 24.8. The van der Waals surface area contributed by atoms with Gasteiger partial charge in [0.25, 0.3) is 6.33 Å². The summed E-state index contributed by atoms with van der Waals surface area (Å²) in [6.07, 6.45) is 6.80. The number of benzene rings is 8. The fourth-order valence-electron chi connectivity index (χ4n) is 9.88. The van der Waals surface area contributed by atoms with Crippen LogP contribution in [0.3, 0.4) is 0 Å². The van der Waals surface area contributed by atoms with Crippen LogP contribution in [0.4, 0.5) is 0 Å². The van der Waals surface area contributed by atoms with Crippen molar-refractivity contribution in [2.45, 2.75) is 72.6 Å². The third kappa shape index (κ3) is 9.35. The predicted molar refractivity (Wildman–Crippen MR) is 292 cm³/mol. The molecule has 11 aromatic rings. The average molecular weight is 1120 g/mol. The Morgan fingerprint density at radius 1 is 0.556 bits per heavy atom. The van der Waals surface area contributed by atoms with Crippen LogP contribution in [0.2, 0.25) is 0 Å². The summed E-state index contributed by atoms with van der Waals surface area (Å²) >= 11 is 0. The number of pyridine rings is 1. The zero-order valence-corrected chi connectivity index (χ0v) is 44.5. The van der Waals surface area contributed by atoms with Gasteiger partial charge in [-0.1, -0.05) is 188 Å². The second kappa shape index (κ2) is 19.4. The molecule has 0 atom stereocenters. The molecular formula is C66H58N4OPt-2. The molecule has 0 spiro atoms. The maximum atomic E-state index is 6.74. The second-order valence-corrected chi connectivity index (χ2v) is 21.3. The van der Waals surface area contributed by atoms with Crippen molar-refractivity contribution < 1.29 is 30.4 Å². The number of fused-ring (bicyclic) bond motifs is 4. The van der Waals surface area contributed by atoms with Crippen molar-refractivity contribution in [2.24, 2.45) is 5.92 Å². The Kier molecular flexibility index (Phi) is 13.0. The van der Waals surface area contributed by atoms with Crippen LogP contribution in [0, 0.1) is 24.4 Å². The van der Waals surface area contributed by atoms with Gasteiger partial charge in [-0.15, -0.1) is 29.7 Å². The zero-order chi connectivity index (χ0) is 49.0. The number of ether oxygens (including phenoxy) is 1. The van der Waals surface area contributed by atoms with E-state index in [9.17, 15) is 0 Å². The van der Waals surface area contributed by atoms with Gasteiger partial charge >= 0.3 is 0 Å². The molecule has 3 aromatic heterocycles. The quantitative estimate of drug-likeness (QED) is 0.101. The first-order chi connectivity index (χ1) is 34.3. The van der Waals surface area contributed by atoms with Crippen LogP contribution in [0.5, 0.6) is 11.5 Å². The van der Waals surface area contributed by atoms with Crippen LogP contribution in [-0.2, 0) is 38.3 Å². The first-order valence-electron chi connectivity index (χ1n) is 24.8. The van der Waals surface area contributed by atoms with E-state index in [-0.39, 0.29) is 31.9 Å². The minimum atomic E-state index is -0.0612. The summed E-state index contributed by atoms with van der Waals surface area (Å²) in [5.41, 5.74) is 16.3. The summed E-state index contributed by atoms with van der Waals surface area (Å²) < 4.78 is 13.3. The van der Waals surface area contributed by atoms with Crippen LogP contribution in [0.15, 0.2) is 188 Å². The SMILES string of the molecule is CC(C)Cc1ccnc(-n2c3[c-]c(Oc4[c-]c(-n5[c-][n+](-c6c(-c7ccccc7)cccc6-c6cc(C(C)(C)C)cc(C(C)(C)C)c6)c6cc(-c7ccccc7)ccc65)ccc4)ccc3c3ccccc32)c1.[Pt]. The van der Waals surface area contributed by atoms with Gasteiger partial charge in [0.15, 0.2) is 0 Å². The fraction of sp³-hybridized carbons (Fsp3) is 0.182. The topological polar surface area (TPSA) is 35.9 Å². The van der Waals surface area contributed by atoms with E-state index in [2.05, 4.69) is 251 Å². The van der Waals surface area contributed by atoms with E-state index in [0.717, 1.165) is 84.3 Å². The van der Waals surface area contributed by atoms with Crippen molar-refractivity contribution in [3.8, 4) is 62.1 Å². The monoisotopic (exact) mass is 1120 g/mol. The van der Waals surface area contributed by atoms with Gasteiger partial charge in [0.05, 0.1) is 16.7 Å². The molecule has 0 aliphatic rings. The Morgan fingerprint density at radius 3 is 1.92 bits per heavy atom. The fourth-order valence-corrected chi connectivity index (χ4v) is 9.88. The van der Waals surface area contributed by atoms with Crippen LogP contribution in [0.1, 0.15) is 72.1 Å². The third-order valence-electron chi connectivity index (χ3n) is 13.5. The summed E-state index contributed by atoms with van der Waals surface area (Å²) in [4.78, 5) is 4.88. The van der Waals surface area contributed by atoms with Crippen LogP contribution in [-0.4, -0.2) is 14.1 Å². The van der Waals surface area contributed by atoms with E-state index >= 15 is 0 Å². The standard InChI is InChI=1S/C66H58N4O.Pt/c1-44(2)35-45-33-34-67-63(36-45)70-59-28-16-15-25-57(59)58-31-30-54(42-61(58)70)71-53-24-17-23-52(41-53)68-43-69(62-39-48(29-32-60(62)68)46-19-11-9-12-20-46)64-55(47-21-13-10-14-22-47)26-18-27-56(64)49-37-50(65(3,4)5)40-51(38-49)66(6,7)8;/h9-34,36-40,44H,35H2,1-8H3;/q-2;. The van der Waals surface area contributed by atoms with Gasteiger partial charge in [0, 0.05) is 44.3 Å². The molecule has 3 heterocycles. The molecule has 5 nitrogen and oxygen atoms in total. The largest absolute Gasteiger partial charge is 0.510 e. The minimum Gasteiger partial charge on any atom is -0.510 e. The number of hydrogen-bond donors (Lipinski definition) is 0. The summed E-state index contributed by atoms with van der Waals surface area (Å²) in [6, 6.07) is 72.2. The number of para-hydroxylation sites is 2. The van der Waals surface area contributed by atoms with E-state index < -0.39 is 0 Å². The number of nitrogens with zero attached hydrogens (tertiary/aromatic N) is 4. The van der Waals surface area contributed by atoms with Crippen molar-refractivity contribution in [3.63, 3.8) is 0 Å². The summed E-state index contributed by atoms with van der Waals surface area (Å²) in [7, 11) is 0. The molecule has 360 valence electrons. The number of rotatable bonds is 10. The van der Waals surface area contributed by atoms with Crippen molar-refractivity contribution in [1.82, 2.24) is 14.1 Å². The van der Waals surface area contributed by atoms with Gasteiger partial charge in [-0.2, -0.15) is 18.2 Å². The molecular weight excluding hydrogens is 1060 g/mol. The zero-order valence-electron chi connectivity index (χ0n) is 42.2. The van der Waals surface area contributed by atoms with Gasteiger partial charge in [-0.3, -0.25) is 4.57 Å². The van der Waals surface area contributed by atoms with E-state index in [1.165, 1.54) is 22.3 Å². The van der Waals surface area contributed by atoms with E-state index in [1.54, 1.807) is 0 Å². The molecule has 8 aromatic carbocycles. The molecule has 0 amide bonds. The van der Waals surface area contributed by atoms with Gasteiger partial charge < -0.3 is 13.9 Å². The third-order valence-corrected chi connectivity index (χ3v) is 13.5. The molecule has 0 saturated heterocycles. The molecule has 6 heteroatoms. The Balaban J connectivity index is 0.00000596. The summed E-state index contributed by atoms with van der Waals surface area (Å²) in [6.45, 7) is 18.3. The Bertz CT molecular complexity index is 3730. The molecule has 0 radical (unpaired) electrons. The van der Waals surface area contributed by atoms with Crippen LogP contribution >= 0.6 is 0 Å². The predicted octanol–water partition coefficient (Wildman–Crippen LogP) is 16.4. The summed E-state index contributed by atoms with van der Waals surface area (Å²) in [5, 5.41) is 2.23. The molecule has 11 rings (SSSR count). The number of hydrogen-bond acceptors (Lipinski definition) is 2. The molecule has 0 bridgehead atoms. The molecule has 0 aliphatic carbocycles. The molecule has 0 aliphatic heterocycles. The maximum absolute atomic E-state index is 6.74. The van der Waals surface area contributed by atoms with Gasteiger partial charge in [0.2, 0.25) is 0 Å². The summed E-state index contributed by atoms with van der Waals surface area (Å²) in [5.74, 6) is 2.55. The number of imidazole rings is 1. The van der Waals surface area contributed by atoms with E-state index in [4.69, 9.17) is 9.72 Å². The number of aromatic nitrogens is 4. The average Bonchev–Trinajstić information content (AvgIpc) is 3.91. The van der Waals surface area contributed by atoms with Gasteiger partial charge in [-0.05, 0) is 109 Å². The molecule has 0 N–H and O–H groups in total. The maximum Gasteiger partial charge on any atom is 0.268 e. The van der Waals surface area contributed by atoms with Crippen molar-refractivity contribution in [3.05, 3.63) is 223 Å². The van der Waals surface area contributed by atoms with Gasteiger partial charge in [0.1, 0.15) is 5.82 Å². The van der Waals surface area contributed by atoms with E-state index in [1.807, 2.05) is 24.4 Å². The second-order valence-electron chi connectivity index (χ2n) is 21.3. The van der Waals surface area contributed by atoms with Crippen molar-refractivity contribution in [1.29, 1.82) is 0 Å². The van der Waals surface area contributed by atoms with Crippen LogP contribution in [0.25, 0.3) is 83.4 Å².